The third kappa shape index (κ3) is 6.36. The minimum absolute atomic E-state index is 0.255. The maximum atomic E-state index is 13.2. The summed E-state index contributed by atoms with van der Waals surface area (Å²) in [4.78, 5) is 29.7. The van der Waals surface area contributed by atoms with Crippen LogP contribution in [0, 0.1) is 13.8 Å². The van der Waals surface area contributed by atoms with Gasteiger partial charge in [0.05, 0.1) is 13.7 Å². The number of nitrogens with one attached hydrogen (secondary N) is 1. The van der Waals surface area contributed by atoms with Gasteiger partial charge in [-0.05, 0) is 55.5 Å². The summed E-state index contributed by atoms with van der Waals surface area (Å²) in [6.45, 7) is 7.67. The number of carbonyl (C=O) groups excluding carboxylic acids is 2. The van der Waals surface area contributed by atoms with Crippen LogP contribution >= 0.6 is 0 Å². The summed E-state index contributed by atoms with van der Waals surface area (Å²) in [5.41, 5.74) is 3.94. The molecule has 0 radical (unpaired) electrons. The van der Waals surface area contributed by atoms with Crippen molar-refractivity contribution in [3.8, 4) is 5.75 Å². The van der Waals surface area contributed by atoms with Gasteiger partial charge in [-0.3, -0.25) is 4.90 Å². The van der Waals surface area contributed by atoms with Crippen LogP contribution in [-0.2, 0) is 22.6 Å². The van der Waals surface area contributed by atoms with E-state index in [1.807, 2.05) is 24.3 Å². The molecule has 0 aromatic heterocycles. The highest BCUT2D eigenvalue weighted by Gasteiger charge is 2.42. The van der Waals surface area contributed by atoms with E-state index in [1.54, 1.807) is 19.1 Å². The third-order valence-corrected chi connectivity index (χ3v) is 6.71. The Balaban J connectivity index is 1.67. The molecule has 1 aliphatic heterocycles. The van der Waals surface area contributed by atoms with Gasteiger partial charge in [0.2, 0.25) is 0 Å². The summed E-state index contributed by atoms with van der Waals surface area (Å²) < 4.78 is 10.5. The normalized spacial score (nSPS) is 15.5. The number of urea groups is 1. The number of nitrogens with zero attached hydrogens (tertiary/aromatic N) is 2. The number of benzene rings is 2. The van der Waals surface area contributed by atoms with Gasteiger partial charge in [0.1, 0.15) is 17.6 Å². The first kappa shape index (κ1) is 25.7. The molecule has 0 aliphatic carbocycles. The first-order valence-electron chi connectivity index (χ1n) is 11.8. The van der Waals surface area contributed by atoms with E-state index in [0.29, 0.717) is 32.5 Å². The molecule has 1 fully saturated rings. The van der Waals surface area contributed by atoms with Crippen LogP contribution in [0.3, 0.4) is 0 Å². The molecule has 1 saturated heterocycles. The SMILES string of the molecule is COCCN(C(=O)NCc1cccc(OC)c1)C1(C=O)CCN(Cc2ccc(C)cc2C)CC1. The van der Waals surface area contributed by atoms with Crippen molar-refractivity contribution in [3.63, 3.8) is 0 Å². The maximum absolute atomic E-state index is 13.2. The third-order valence-electron chi connectivity index (χ3n) is 6.71. The molecule has 2 amide bonds. The second kappa shape index (κ2) is 12.0. The average Bonchev–Trinajstić information content (AvgIpc) is 2.85. The van der Waals surface area contributed by atoms with Gasteiger partial charge in [-0.2, -0.15) is 0 Å². The van der Waals surface area contributed by atoms with E-state index in [-0.39, 0.29) is 6.03 Å². The van der Waals surface area contributed by atoms with Crippen molar-refractivity contribution in [3.05, 3.63) is 64.7 Å². The zero-order valence-electron chi connectivity index (χ0n) is 20.8. The van der Waals surface area contributed by atoms with Crippen LogP contribution in [0.25, 0.3) is 0 Å². The average molecular weight is 468 g/mol. The van der Waals surface area contributed by atoms with E-state index >= 15 is 0 Å². The van der Waals surface area contributed by atoms with Crippen LogP contribution in [0.15, 0.2) is 42.5 Å². The Hall–Kier alpha value is -2.90. The lowest BCUT2D eigenvalue weighted by Gasteiger charge is -2.45. The Bertz CT molecular complexity index is 970. The van der Waals surface area contributed by atoms with Gasteiger partial charge in [-0.1, -0.05) is 35.9 Å². The first-order valence-corrected chi connectivity index (χ1v) is 11.8. The molecule has 2 aromatic rings. The van der Waals surface area contributed by atoms with Crippen molar-refractivity contribution in [2.75, 3.05) is 40.5 Å². The molecular formula is C27H37N3O4. The summed E-state index contributed by atoms with van der Waals surface area (Å²) >= 11 is 0. The smallest absolute Gasteiger partial charge is 0.318 e. The number of aldehydes is 1. The quantitative estimate of drug-likeness (QED) is 0.540. The number of hydrogen-bond acceptors (Lipinski definition) is 5. The summed E-state index contributed by atoms with van der Waals surface area (Å²) in [5, 5.41) is 2.98. The van der Waals surface area contributed by atoms with Crippen molar-refractivity contribution in [2.45, 2.75) is 45.3 Å². The van der Waals surface area contributed by atoms with Gasteiger partial charge in [0, 0.05) is 39.8 Å². The molecule has 34 heavy (non-hydrogen) atoms. The van der Waals surface area contributed by atoms with E-state index in [9.17, 15) is 9.59 Å². The number of likely N-dealkylation sites (tertiary alicyclic amines) is 1. The highest BCUT2D eigenvalue weighted by molar-refractivity contribution is 5.80. The largest absolute Gasteiger partial charge is 0.497 e. The van der Waals surface area contributed by atoms with Crippen LogP contribution < -0.4 is 10.1 Å². The summed E-state index contributed by atoms with van der Waals surface area (Å²) in [6, 6.07) is 13.8. The highest BCUT2D eigenvalue weighted by atomic mass is 16.5. The van der Waals surface area contributed by atoms with Crippen LogP contribution in [-0.4, -0.2) is 68.1 Å². The van der Waals surface area contributed by atoms with E-state index in [2.05, 4.69) is 42.3 Å². The summed E-state index contributed by atoms with van der Waals surface area (Å²) in [6.07, 6.45) is 2.15. The molecule has 1 heterocycles. The van der Waals surface area contributed by atoms with Crippen molar-refractivity contribution >= 4 is 12.3 Å². The van der Waals surface area contributed by atoms with Gasteiger partial charge < -0.3 is 24.5 Å². The summed E-state index contributed by atoms with van der Waals surface area (Å²) in [5.74, 6) is 0.739. The number of aryl methyl sites for hydroxylation is 2. The molecule has 0 spiro atoms. The van der Waals surface area contributed by atoms with E-state index < -0.39 is 5.54 Å². The molecule has 0 unspecified atom stereocenters. The second-order valence-corrected chi connectivity index (χ2v) is 9.08. The lowest BCUT2D eigenvalue weighted by atomic mass is 9.86. The Morgan fingerprint density at radius 3 is 2.56 bits per heavy atom. The molecule has 0 atom stereocenters. The fourth-order valence-corrected chi connectivity index (χ4v) is 4.58. The van der Waals surface area contributed by atoms with Crippen LogP contribution in [0.1, 0.15) is 35.1 Å². The Labute approximate surface area is 203 Å². The van der Waals surface area contributed by atoms with E-state index in [4.69, 9.17) is 9.47 Å². The van der Waals surface area contributed by atoms with Gasteiger partial charge in [-0.15, -0.1) is 0 Å². The predicted molar refractivity (Wildman–Crippen MR) is 133 cm³/mol. The number of ether oxygens (including phenoxy) is 2. The summed E-state index contributed by atoms with van der Waals surface area (Å²) in [7, 11) is 3.22. The molecule has 7 nitrogen and oxygen atoms in total. The van der Waals surface area contributed by atoms with Gasteiger partial charge in [-0.25, -0.2) is 4.79 Å². The zero-order chi connectivity index (χ0) is 24.6. The van der Waals surface area contributed by atoms with Crippen LogP contribution in [0.5, 0.6) is 5.75 Å². The minimum atomic E-state index is -0.837. The number of methoxy groups -OCH3 is 2. The van der Waals surface area contributed by atoms with Crippen LogP contribution in [0.2, 0.25) is 0 Å². The molecular weight excluding hydrogens is 430 g/mol. The minimum Gasteiger partial charge on any atom is -0.497 e. The number of carbonyl (C=O) groups is 2. The number of rotatable bonds is 10. The molecule has 1 aliphatic rings. The van der Waals surface area contributed by atoms with Gasteiger partial charge in [0.15, 0.2) is 0 Å². The Kier molecular flexibility index (Phi) is 9.07. The topological polar surface area (TPSA) is 71.1 Å². The maximum Gasteiger partial charge on any atom is 0.318 e. The zero-order valence-corrected chi connectivity index (χ0v) is 20.8. The van der Waals surface area contributed by atoms with Gasteiger partial charge in [0.25, 0.3) is 0 Å². The predicted octanol–water partition coefficient (Wildman–Crippen LogP) is 3.70. The molecule has 0 bridgehead atoms. The fourth-order valence-electron chi connectivity index (χ4n) is 4.58. The van der Waals surface area contributed by atoms with Crippen molar-refractivity contribution in [2.24, 2.45) is 0 Å². The van der Waals surface area contributed by atoms with E-state index in [0.717, 1.165) is 37.2 Å². The van der Waals surface area contributed by atoms with Crippen molar-refractivity contribution in [1.29, 1.82) is 0 Å². The van der Waals surface area contributed by atoms with E-state index in [1.165, 1.54) is 16.7 Å². The molecule has 3 rings (SSSR count). The number of piperidine rings is 1. The molecule has 7 heteroatoms. The standard InChI is InChI=1S/C27H37N3O4/c1-21-8-9-24(22(2)16-21)19-29-12-10-27(20-31,11-13-29)30(14-15-33-3)26(32)28-18-23-6-5-7-25(17-23)34-4/h5-9,16-17,20H,10-15,18-19H2,1-4H3,(H,28,32). The fraction of sp³-hybridized carbons (Fsp3) is 0.481. The monoisotopic (exact) mass is 467 g/mol. The lowest BCUT2D eigenvalue weighted by Crippen LogP contribution is -2.61. The first-order chi connectivity index (χ1) is 16.4. The number of amides is 2. The lowest BCUT2D eigenvalue weighted by molar-refractivity contribution is -0.120. The second-order valence-electron chi connectivity index (χ2n) is 9.08. The Morgan fingerprint density at radius 2 is 1.91 bits per heavy atom. The Morgan fingerprint density at radius 1 is 1.15 bits per heavy atom. The molecule has 1 N–H and O–H groups in total. The molecule has 184 valence electrons. The molecule has 0 saturated carbocycles. The van der Waals surface area contributed by atoms with Crippen molar-refractivity contribution < 1.29 is 19.1 Å². The number of hydrogen-bond donors (Lipinski definition) is 1. The molecule has 2 aromatic carbocycles. The van der Waals surface area contributed by atoms with Crippen molar-refractivity contribution in [1.82, 2.24) is 15.1 Å². The van der Waals surface area contributed by atoms with Gasteiger partial charge >= 0.3 is 6.03 Å². The van der Waals surface area contributed by atoms with Crippen LogP contribution in [0.4, 0.5) is 4.79 Å². The highest BCUT2D eigenvalue weighted by Crippen LogP contribution is 2.29.